The Labute approximate surface area is 232 Å². The number of carbonyl (C=O) groups excluding carboxylic acids is 2. The summed E-state index contributed by atoms with van der Waals surface area (Å²) in [7, 11) is 0. The van der Waals surface area contributed by atoms with Gasteiger partial charge in [-0.05, 0) is 34.4 Å². The molecule has 0 radical (unpaired) electrons. The number of anilines is 2. The molecule has 4 aliphatic rings. The largest absolute Gasteiger partial charge is 0.871 e. The molecular formula is C34H26N2O4-2. The van der Waals surface area contributed by atoms with Crippen LogP contribution in [-0.4, -0.2) is 11.6 Å². The highest BCUT2D eigenvalue weighted by Gasteiger charge is 2.43. The maximum absolute atomic E-state index is 13.3. The van der Waals surface area contributed by atoms with Crippen molar-refractivity contribution in [3.8, 4) is 0 Å². The molecule has 0 amide bonds. The van der Waals surface area contributed by atoms with E-state index < -0.39 is 10.8 Å². The van der Waals surface area contributed by atoms with Crippen molar-refractivity contribution in [2.24, 2.45) is 0 Å². The highest BCUT2D eigenvalue weighted by molar-refractivity contribution is 6.40. The van der Waals surface area contributed by atoms with E-state index in [1.807, 2.05) is 76.2 Å². The minimum absolute atomic E-state index is 0.122. The van der Waals surface area contributed by atoms with Gasteiger partial charge in [-0.3, -0.25) is 9.59 Å². The van der Waals surface area contributed by atoms with Crippen LogP contribution in [0.25, 0.3) is 11.1 Å². The number of Topliss-reactive ketones (excluding diaryl/α,β-unsaturated/α-hetero) is 2. The number of fused-ring (bicyclic) bond motifs is 2. The number of rotatable bonds is 2. The van der Waals surface area contributed by atoms with Crippen molar-refractivity contribution in [1.82, 2.24) is 0 Å². The van der Waals surface area contributed by atoms with Gasteiger partial charge >= 0.3 is 0 Å². The molecule has 0 aromatic heterocycles. The highest BCUT2D eigenvalue weighted by Crippen LogP contribution is 2.50. The second-order valence-electron chi connectivity index (χ2n) is 11.7. The molecule has 2 N–H and O–H groups in total. The summed E-state index contributed by atoms with van der Waals surface area (Å²) in [6.45, 7) is 7.98. The zero-order chi connectivity index (χ0) is 28.1. The van der Waals surface area contributed by atoms with Crippen LogP contribution in [0.15, 0.2) is 107 Å². The molecule has 0 saturated carbocycles. The molecule has 3 aromatic rings. The molecule has 0 bridgehead atoms. The third-order valence-corrected chi connectivity index (χ3v) is 8.75. The Morgan fingerprint density at radius 3 is 1.20 bits per heavy atom. The maximum atomic E-state index is 13.3. The minimum Gasteiger partial charge on any atom is -0.871 e. The quantitative estimate of drug-likeness (QED) is 0.483. The molecule has 6 nitrogen and oxygen atoms in total. The lowest BCUT2D eigenvalue weighted by atomic mass is 9.74. The fourth-order valence-electron chi connectivity index (χ4n) is 6.44. The molecular weight excluding hydrogens is 500 g/mol. The van der Waals surface area contributed by atoms with E-state index in [0.717, 1.165) is 22.5 Å². The van der Waals surface area contributed by atoms with Crippen LogP contribution in [0.3, 0.4) is 0 Å². The zero-order valence-electron chi connectivity index (χ0n) is 22.6. The van der Waals surface area contributed by atoms with E-state index in [2.05, 4.69) is 10.6 Å². The number of nitrogens with one attached hydrogen (secondary N) is 2. The Kier molecular flexibility index (Phi) is 4.75. The van der Waals surface area contributed by atoms with E-state index in [0.29, 0.717) is 22.5 Å². The normalized spacial score (nSPS) is 23.8. The molecule has 2 aliphatic heterocycles. The van der Waals surface area contributed by atoms with Gasteiger partial charge in [-0.2, -0.15) is 0 Å². The van der Waals surface area contributed by atoms with Gasteiger partial charge in [0.15, 0.2) is 11.6 Å². The van der Waals surface area contributed by atoms with Gasteiger partial charge in [0.05, 0.1) is 0 Å². The lowest BCUT2D eigenvalue weighted by Crippen LogP contribution is -2.35. The standard InChI is InChI=1S/C34H28N2O4/c1-33(2)19-9-5-7-11-21(19)35-31(33)25-27(37)23(28(25)38)17-13-15-18(16-14-17)24-29(39)26(30(24)40)32-34(3,4)20-10-6-8-12-22(20)36-32/h5-16,35-37,39H,1-4H3/p-2. The van der Waals surface area contributed by atoms with Gasteiger partial charge < -0.3 is 20.8 Å². The SMILES string of the molecule is CC1(C)C(=C2C(=O)C(c3ccc(C4=C([O-])C(=C5Nc6ccccc6C5(C)C)C4=O)cc3)=C2[O-])Nc2ccccc21. The maximum Gasteiger partial charge on any atom is 0.194 e. The van der Waals surface area contributed by atoms with Crippen LogP contribution in [0.4, 0.5) is 11.4 Å². The van der Waals surface area contributed by atoms with Crippen LogP contribution in [0.1, 0.15) is 49.9 Å². The van der Waals surface area contributed by atoms with Crippen LogP contribution in [-0.2, 0) is 20.4 Å². The number of hydrogen-bond donors (Lipinski definition) is 2. The van der Waals surface area contributed by atoms with Crippen LogP contribution < -0.4 is 20.8 Å². The third-order valence-electron chi connectivity index (χ3n) is 8.75. The van der Waals surface area contributed by atoms with Crippen molar-refractivity contribution < 1.29 is 19.8 Å². The van der Waals surface area contributed by atoms with E-state index in [1.54, 1.807) is 24.3 Å². The number of hydrogen-bond acceptors (Lipinski definition) is 6. The first-order valence-electron chi connectivity index (χ1n) is 13.3. The first-order valence-corrected chi connectivity index (χ1v) is 13.3. The first-order chi connectivity index (χ1) is 19.0. The van der Waals surface area contributed by atoms with Crippen LogP contribution in [0.2, 0.25) is 0 Å². The van der Waals surface area contributed by atoms with Crippen molar-refractivity contribution >= 4 is 34.1 Å². The second kappa shape index (κ2) is 7.85. The van der Waals surface area contributed by atoms with Gasteiger partial charge in [-0.25, -0.2) is 0 Å². The molecule has 7 rings (SSSR count). The van der Waals surface area contributed by atoms with E-state index in [-0.39, 0.29) is 45.4 Å². The van der Waals surface area contributed by atoms with Crippen molar-refractivity contribution in [1.29, 1.82) is 0 Å². The Morgan fingerprint density at radius 1 is 0.525 bits per heavy atom. The van der Waals surface area contributed by atoms with Gasteiger partial charge in [-0.15, -0.1) is 0 Å². The van der Waals surface area contributed by atoms with Gasteiger partial charge in [0, 0.05) is 55.9 Å². The average Bonchev–Trinajstić information content (AvgIpc) is 3.34. The number of benzene rings is 3. The van der Waals surface area contributed by atoms with Crippen LogP contribution in [0, 0.1) is 0 Å². The lowest BCUT2D eigenvalue weighted by Gasteiger charge is -2.36. The van der Waals surface area contributed by atoms with Crippen molar-refractivity contribution in [2.45, 2.75) is 38.5 Å². The smallest absolute Gasteiger partial charge is 0.194 e. The Balaban J connectivity index is 1.21. The summed E-state index contributed by atoms with van der Waals surface area (Å²) in [6.07, 6.45) is 0. The molecule has 6 heteroatoms. The zero-order valence-corrected chi connectivity index (χ0v) is 22.6. The van der Waals surface area contributed by atoms with Crippen LogP contribution in [0.5, 0.6) is 0 Å². The van der Waals surface area contributed by atoms with E-state index in [9.17, 15) is 19.8 Å². The molecule has 0 saturated heterocycles. The third kappa shape index (κ3) is 2.99. The highest BCUT2D eigenvalue weighted by atomic mass is 16.3. The first kappa shape index (κ1) is 24.2. The van der Waals surface area contributed by atoms with Crippen molar-refractivity contribution in [3.05, 3.63) is 129 Å². The van der Waals surface area contributed by atoms with Gasteiger partial charge in [0.2, 0.25) is 0 Å². The summed E-state index contributed by atoms with van der Waals surface area (Å²) in [5, 5.41) is 33.1. The van der Waals surface area contributed by atoms with E-state index in [4.69, 9.17) is 0 Å². The second-order valence-corrected chi connectivity index (χ2v) is 11.7. The molecule has 3 aromatic carbocycles. The molecule has 198 valence electrons. The number of carbonyl (C=O) groups is 2. The average molecular weight is 527 g/mol. The summed E-state index contributed by atoms with van der Waals surface area (Å²) < 4.78 is 0. The topological polar surface area (TPSA) is 104 Å². The fourth-order valence-corrected chi connectivity index (χ4v) is 6.44. The van der Waals surface area contributed by atoms with Gasteiger partial charge in [-0.1, -0.05) is 99.9 Å². The summed E-state index contributed by atoms with van der Waals surface area (Å²) in [5.41, 5.74) is 5.69. The van der Waals surface area contributed by atoms with Crippen molar-refractivity contribution in [3.63, 3.8) is 0 Å². The van der Waals surface area contributed by atoms with Crippen molar-refractivity contribution in [2.75, 3.05) is 10.6 Å². The molecule has 2 aliphatic carbocycles. The minimum atomic E-state index is -0.495. The summed E-state index contributed by atoms with van der Waals surface area (Å²) in [6, 6.07) is 22.1. The number of allylic oxidation sites excluding steroid dienone is 6. The van der Waals surface area contributed by atoms with E-state index >= 15 is 0 Å². The molecule has 40 heavy (non-hydrogen) atoms. The molecule has 0 unspecified atom stereocenters. The van der Waals surface area contributed by atoms with E-state index in [1.165, 1.54) is 0 Å². The predicted octanol–water partition coefficient (Wildman–Crippen LogP) is 4.31. The monoisotopic (exact) mass is 526 g/mol. The predicted molar refractivity (Wildman–Crippen MR) is 151 cm³/mol. The van der Waals surface area contributed by atoms with Gasteiger partial charge in [0.25, 0.3) is 0 Å². The summed E-state index contributed by atoms with van der Waals surface area (Å²) >= 11 is 0. The molecule has 0 spiro atoms. The number of ketones is 2. The van der Waals surface area contributed by atoms with Crippen LogP contribution >= 0.6 is 0 Å². The Morgan fingerprint density at radius 2 is 0.875 bits per heavy atom. The fraction of sp³-hybridized carbons (Fsp3) is 0.176. The molecule has 0 atom stereocenters. The number of para-hydroxylation sites is 2. The van der Waals surface area contributed by atoms with Gasteiger partial charge in [0.1, 0.15) is 0 Å². The lowest BCUT2D eigenvalue weighted by molar-refractivity contribution is -0.298. The Hall–Kier alpha value is -4.84. The summed E-state index contributed by atoms with van der Waals surface area (Å²) in [4.78, 5) is 26.5. The summed E-state index contributed by atoms with van der Waals surface area (Å²) in [5.74, 6) is -1.20. The molecule has 0 fully saturated rings. The Bertz CT molecular complexity index is 1700. The molecule has 2 heterocycles.